The molecule has 3 heterocycles. The van der Waals surface area contributed by atoms with E-state index >= 15 is 0 Å². The summed E-state index contributed by atoms with van der Waals surface area (Å²) >= 11 is 0. The van der Waals surface area contributed by atoms with Gasteiger partial charge >= 0.3 is 12.2 Å². The number of nitrogens with one attached hydrogen (secondary N) is 4. The molecule has 2 aliphatic carbocycles. The van der Waals surface area contributed by atoms with E-state index < -0.39 is 24.3 Å². The minimum Gasteiger partial charge on any atom is -0.453 e. The second-order valence-corrected chi connectivity index (χ2v) is 19.3. The van der Waals surface area contributed by atoms with Crippen molar-refractivity contribution in [2.75, 3.05) is 27.3 Å². The van der Waals surface area contributed by atoms with Crippen LogP contribution in [0.15, 0.2) is 72.4 Å². The van der Waals surface area contributed by atoms with Crippen molar-refractivity contribution >= 4 is 40.9 Å². The number of carbonyl (C=O) groups excluding carboxylic acids is 4. The largest absolute Gasteiger partial charge is 0.453 e. The third-order valence-electron chi connectivity index (χ3n) is 15.0. The van der Waals surface area contributed by atoms with Gasteiger partial charge in [-0.05, 0) is 126 Å². The predicted molar refractivity (Wildman–Crippen MR) is 261 cm³/mol. The van der Waals surface area contributed by atoms with E-state index in [1.807, 2.05) is 37.5 Å². The molecule has 1 aromatic heterocycles. The normalized spacial score (nSPS) is 20.2. The summed E-state index contributed by atoms with van der Waals surface area (Å²) in [5, 5.41) is 8.75. The fourth-order valence-electron chi connectivity index (χ4n) is 11.3. The summed E-state index contributed by atoms with van der Waals surface area (Å²) in [6.07, 6.45) is 11.4. The molecule has 0 radical (unpaired) electrons. The van der Waals surface area contributed by atoms with Crippen LogP contribution in [0.25, 0.3) is 33.3 Å². The van der Waals surface area contributed by atoms with Crippen molar-refractivity contribution in [3.63, 3.8) is 0 Å². The van der Waals surface area contributed by atoms with Crippen molar-refractivity contribution in [2.45, 2.75) is 134 Å². The van der Waals surface area contributed by atoms with Gasteiger partial charge in [-0.25, -0.2) is 14.6 Å². The lowest BCUT2D eigenvalue weighted by Crippen LogP contribution is -2.54. The van der Waals surface area contributed by atoms with Crippen LogP contribution in [0, 0.1) is 11.8 Å². The van der Waals surface area contributed by atoms with Gasteiger partial charge in [-0.1, -0.05) is 96.0 Å². The smallest absolute Gasteiger partial charge is 0.407 e. The first-order valence-electron chi connectivity index (χ1n) is 24.4. The Balaban J connectivity index is 1.04. The molecular weight excluding hydrogens is 845 g/mol. The molecule has 4 aliphatic rings. The van der Waals surface area contributed by atoms with Crippen LogP contribution >= 0.6 is 0 Å². The number of likely N-dealkylation sites (tertiary alicyclic amines) is 2. The summed E-state index contributed by atoms with van der Waals surface area (Å²) in [6, 6.07) is 18.0. The molecule has 14 heteroatoms. The Labute approximate surface area is 394 Å². The molecule has 3 aromatic carbocycles. The molecule has 1 spiro atoms. The molecule has 4 N–H and O–H groups in total. The van der Waals surface area contributed by atoms with Gasteiger partial charge in [-0.3, -0.25) is 14.6 Å². The molecule has 14 nitrogen and oxygen atoms in total. The van der Waals surface area contributed by atoms with Crippen LogP contribution in [-0.4, -0.2) is 95.0 Å². The molecule has 2 aliphatic heterocycles. The molecule has 3 fully saturated rings. The van der Waals surface area contributed by atoms with Crippen LogP contribution < -0.4 is 16.0 Å². The standard InChI is InChI=1S/C53H68N8O6/c1-8-33(5)46(59-52(65)67-7)50(63)61-29-13-15-43(61)48-56-40-23-20-36(30-41(40)57-48)37-21-22-38(44-39(37)24-27-53(44)25-10-11-26-53)35-18-16-34(17-19-35)31-55-47(54-9-2)42-14-12-28-60(42)49(62)45(32(3)4)58-51(64)66-6/h9,16-23,30,32-33,42-43,45-46H,2,8,10-15,24-29,31H2,1,3-7H3,(H,54,55)(H,56,57)(H,58,64)(H,59,65)/t33?,42-,43-,45-,46-/m0/s1. The maximum absolute atomic E-state index is 14.0. The first-order chi connectivity index (χ1) is 32.4. The minimum absolute atomic E-state index is 0.0565. The van der Waals surface area contributed by atoms with Crippen LogP contribution in [-0.2, 0) is 37.4 Å². The van der Waals surface area contributed by atoms with Crippen LogP contribution in [0.3, 0.4) is 0 Å². The number of amidine groups is 1. The van der Waals surface area contributed by atoms with Gasteiger partial charge in [0.1, 0.15) is 23.7 Å². The number of methoxy groups -OCH3 is 2. The number of aromatic amines is 1. The number of fused-ring (bicyclic) bond motifs is 3. The van der Waals surface area contributed by atoms with E-state index in [-0.39, 0.29) is 41.1 Å². The number of hydrogen-bond donors (Lipinski definition) is 4. The van der Waals surface area contributed by atoms with Gasteiger partial charge in [-0.2, -0.15) is 0 Å². The van der Waals surface area contributed by atoms with Crippen molar-refractivity contribution in [1.82, 2.24) is 35.7 Å². The number of aromatic nitrogens is 2. The number of rotatable bonds is 14. The number of nitrogens with zero attached hydrogens (tertiary/aromatic N) is 4. The molecule has 1 unspecified atom stereocenters. The number of imidazole rings is 1. The fourth-order valence-corrected chi connectivity index (χ4v) is 11.3. The summed E-state index contributed by atoms with van der Waals surface area (Å²) in [5.74, 6) is 1.02. The van der Waals surface area contributed by atoms with Gasteiger partial charge in [0, 0.05) is 13.1 Å². The Hall–Kier alpha value is -6.18. The van der Waals surface area contributed by atoms with Gasteiger partial charge in [0.25, 0.3) is 0 Å². The Kier molecular flexibility index (Phi) is 14.4. The van der Waals surface area contributed by atoms with Crippen molar-refractivity contribution < 1.29 is 28.7 Å². The highest BCUT2D eigenvalue weighted by molar-refractivity contribution is 5.95. The highest BCUT2D eigenvalue weighted by Gasteiger charge is 2.44. The lowest BCUT2D eigenvalue weighted by atomic mass is 9.76. The molecule has 2 saturated heterocycles. The number of benzene rings is 3. The van der Waals surface area contributed by atoms with E-state index in [1.165, 1.54) is 67.7 Å². The number of ether oxygens (including phenoxy) is 2. The Morgan fingerprint density at radius 3 is 2.19 bits per heavy atom. The van der Waals surface area contributed by atoms with E-state index in [9.17, 15) is 19.2 Å². The second-order valence-electron chi connectivity index (χ2n) is 19.3. The third-order valence-corrected chi connectivity index (χ3v) is 15.0. The molecule has 1 saturated carbocycles. The topological polar surface area (TPSA) is 170 Å². The summed E-state index contributed by atoms with van der Waals surface area (Å²) in [7, 11) is 2.62. The minimum atomic E-state index is -0.709. The van der Waals surface area contributed by atoms with Crippen LogP contribution in [0.4, 0.5) is 9.59 Å². The molecule has 8 rings (SSSR count). The number of amides is 4. The molecule has 4 amide bonds. The van der Waals surface area contributed by atoms with Crippen molar-refractivity contribution in [3.05, 3.63) is 89.9 Å². The van der Waals surface area contributed by atoms with Gasteiger partial charge < -0.3 is 40.2 Å². The fraction of sp³-hybridized carbons (Fsp3) is 0.509. The average Bonchev–Trinajstić information content (AvgIpc) is 4.21. The molecule has 67 heavy (non-hydrogen) atoms. The molecule has 5 atom stereocenters. The first-order valence-corrected chi connectivity index (χ1v) is 24.4. The summed E-state index contributed by atoms with van der Waals surface area (Å²) in [5.41, 5.74) is 10.9. The number of carbonyl (C=O) groups is 4. The van der Waals surface area contributed by atoms with E-state index in [1.54, 1.807) is 6.20 Å². The van der Waals surface area contributed by atoms with Crippen LogP contribution in [0.1, 0.15) is 120 Å². The van der Waals surface area contributed by atoms with Crippen LogP contribution in [0.5, 0.6) is 0 Å². The summed E-state index contributed by atoms with van der Waals surface area (Å²) in [4.78, 5) is 69.5. The molecule has 0 bridgehead atoms. The zero-order valence-corrected chi connectivity index (χ0v) is 40.1. The average molecular weight is 913 g/mol. The zero-order valence-electron chi connectivity index (χ0n) is 40.1. The van der Waals surface area contributed by atoms with E-state index in [0.717, 1.165) is 72.9 Å². The van der Waals surface area contributed by atoms with Crippen molar-refractivity contribution in [1.29, 1.82) is 0 Å². The number of aliphatic imine (C=N–C) groups is 1. The lowest BCUT2D eigenvalue weighted by molar-refractivity contribution is -0.136. The molecule has 4 aromatic rings. The monoisotopic (exact) mass is 913 g/mol. The summed E-state index contributed by atoms with van der Waals surface area (Å²) in [6.45, 7) is 13.3. The SMILES string of the molecule is C=CNC(=NCc1ccc(-c2ccc(-c3ccc4nc([C@@H]5CCCN5C(=O)[C@@H](NC(=O)OC)C(C)CC)[nH]c4c3)c3c2C2(CCCC2)CC3)cc1)[C@@H]1CCCN1C(=O)[C@@H](NC(=O)OC)C(C)C. The maximum Gasteiger partial charge on any atom is 0.407 e. The number of hydrogen-bond acceptors (Lipinski definition) is 8. The van der Waals surface area contributed by atoms with Gasteiger partial charge in [0.05, 0.1) is 43.9 Å². The maximum atomic E-state index is 14.0. The van der Waals surface area contributed by atoms with Crippen molar-refractivity contribution in [2.24, 2.45) is 16.8 Å². The second kappa shape index (κ2) is 20.4. The number of H-pyrrole nitrogens is 1. The third kappa shape index (κ3) is 9.54. The van der Waals surface area contributed by atoms with Gasteiger partial charge in [0.2, 0.25) is 11.8 Å². The van der Waals surface area contributed by atoms with Crippen LogP contribution in [0.2, 0.25) is 0 Å². The highest BCUT2D eigenvalue weighted by Crippen LogP contribution is 2.55. The lowest BCUT2D eigenvalue weighted by Gasteiger charge is -2.31. The Morgan fingerprint density at radius 2 is 1.51 bits per heavy atom. The highest BCUT2D eigenvalue weighted by atomic mass is 16.5. The van der Waals surface area contributed by atoms with E-state index in [0.29, 0.717) is 25.5 Å². The predicted octanol–water partition coefficient (Wildman–Crippen LogP) is 9.09. The summed E-state index contributed by atoms with van der Waals surface area (Å²) < 4.78 is 9.68. The number of alkyl carbamates (subject to hydrolysis) is 2. The zero-order chi connectivity index (χ0) is 47.4. The van der Waals surface area contributed by atoms with Crippen molar-refractivity contribution in [3.8, 4) is 22.3 Å². The molecule has 356 valence electrons. The van der Waals surface area contributed by atoms with E-state index in [2.05, 4.69) is 82.1 Å². The van der Waals surface area contributed by atoms with Gasteiger partial charge in [0.15, 0.2) is 0 Å². The first kappa shape index (κ1) is 47.3. The quantitative estimate of drug-likeness (QED) is 0.0717. The Bertz CT molecular complexity index is 2510. The van der Waals surface area contributed by atoms with E-state index in [4.69, 9.17) is 19.5 Å². The van der Waals surface area contributed by atoms with Gasteiger partial charge in [-0.15, -0.1) is 0 Å². The Morgan fingerprint density at radius 1 is 0.851 bits per heavy atom. The molecular formula is C53H68N8O6.